The molecule has 0 atom stereocenters. The molecule has 0 unspecified atom stereocenters. The lowest BCUT2D eigenvalue weighted by Crippen LogP contribution is -2.25. The number of aryl methyl sites for hydroxylation is 1. The van der Waals surface area contributed by atoms with Crippen LogP contribution in [0.15, 0.2) is 42.7 Å². The highest BCUT2D eigenvalue weighted by atomic mass is 16.5. The van der Waals surface area contributed by atoms with E-state index in [0.29, 0.717) is 19.4 Å². The third-order valence-electron chi connectivity index (χ3n) is 3.21. The van der Waals surface area contributed by atoms with E-state index in [0.717, 1.165) is 17.7 Å². The fourth-order valence-electron chi connectivity index (χ4n) is 2.11. The highest BCUT2D eigenvalue weighted by molar-refractivity contribution is 5.76. The lowest BCUT2D eigenvalue weighted by molar-refractivity contribution is -0.121. The second-order valence-corrected chi connectivity index (χ2v) is 4.63. The molecule has 0 aliphatic carbocycles. The first kappa shape index (κ1) is 14.2. The van der Waals surface area contributed by atoms with Gasteiger partial charge in [-0.15, -0.1) is 0 Å². The third-order valence-corrected chi connectivity index (χ3v) is 3.21. The fraction of sp³-hybridized carbons (Fsp3) is 0.312. The van der Waals surface area contributed by atoms with Crippen molar-refractivity contribution in [3.63, 3.8) is 0 Å². The number of hydrogen-bond acceptors (Lipinski definition) is 2. The summed E-state index contributed by atoms with van der Waals surface area (Å²) in [4.78, 5) is 14.8. The predicted molar refractivity (Wildman–Crippen MR) is 78.8 cm³/mol. The number of para-hydroxylation sites is 1. The Bertz CT molecular complexity index is 535. The number of benzene rings is 1. The van der Waals surface area contributed by atoms with Crippen LogP contribution in [0, 0.1) is 0 Å². The average Bonchev–Trinajstić information content (AvgIpc) is 2.98. The molecule has 20 heavy (non-hydrogen) atoms. The first-order valence-electron chi connectivity index (χ1n) is 6.80. The lowest BCUT2D eigenvalue weighted by Gasteiger charge is -2.08. The summed E-state index contributed by atoms with van der Waals surface area (Å²) in [5.74, 6) is 0.916. The number of H-pyrrole nitrogens is 1. The Morgan fingerprint density at radius 2 is 2.10 bits per heavy atom. The number of rotatable bonds is 7. The van der Waals surface area contributed by atoms with Crippen LogP contribution >= 0.6 is 0 Å². The van der Waals surface area contributed by atoms with Crippen LogP contribution in [0.25, 0.3) is 0 Å². The zero-order chi connectivity index (χ0) is 14.2. The van der Waals surface area contributed by atoms with Gasteiger partial charge >= 0.3 is 0 Å². The first-order valence-corrected chi connectivity index (χ1v) is 6.80. The van der Waals surface area contributed by atoms with Crippen LogP contribution in [0.3, 0.4) is 0 Å². The van der Waals surface area contributed by atoms with Crippen molar-refractivity contribution in [3.8, 4) is 5.75 Å². The van der Waals surface area contributed by atoms with Crippen LogP contribution in [-0.2, 0) is 17.6 Å². The van der Waals surface area contributed by atoms with Gasteiger partial charge in [0.05, 0.1) is 7.11 Å². The van der Waals surface area contributed by atoms with Crippen LogP contribution in [-0.4, -0.2) is 24.5 Å². The molecule has 0 saturated heterocycles. The van der Waals surface area contributed by atoms with Crippen molar-refractivity contribution >= 4 is 5.91 Å². The van der Waals surface area contributed by atoms with E-state index in [2.05, 4.69) is 10.3 Å². The van der Waals surface area contributed by atoms with E-state index in [1.165, 1.54) is 5.56 Å². The Labute approximate surface area is 119 Å². The number of aromatic amines is 1. The SMILES string of the molecule is COc1ccccc1CCC(=O)NCCc1cc[nH]c1. The van der Waals surface area contributed by atoms with Crippen molar-refractivity contribution in [1.82, 2.24) is 10.3 Å². The maximum Gasteiger partial charge on any atom is 0.220 e. The van der Waals surface area contributed by atoms with Crippen molar-refractivity contribution in [1.29, 1.82) is 0 Å². The molecule has 0 fully saturated rings. The summed E-state index contributed by atoms with van der Waals surface area (Å²) >= 11 is 0. The van der Waals surface area contributed by atoms with Gasteiger partial charge in [-0.3, -0.25) is 4.79 Å². The van der Waals surface area contributed by atoms with Crippen molar-refractivity contribution in [2.45, 2.75) is 19.3 Å². The normalized spacial score (nSPS) is 10.2. The van der Waals surface area contributed by atoms with Gasteiger partial charge in [-0.05, 0) is 36.1 Å². The summed E-state index contributed by atoms with van der Waals surface area (Å²) < 4.78 is 5.27. The lowest BCUT2D eigenvalue weighted by atomic mass is 10.1. The van der Waals surface area contributed by atoms with Gasteiger partial charge in [-0.25, -0.2) is 0 Å². The fourth-order valence-corrected chi connectivity index (χ4v) is 2.11. The molecule has 106 valence electrons. The number of aromatic nitrogens is 1. The molecule has 1 amide bonds. The Balaban J connectivity index is 1.72. The summed E-state index contributed by atoms with van der Waals surface area (Å²) in [6, 6.07) is 9.81. The van der Waals surface area contributed by atoms with Gasteiger partial charge in [0.25, 0.3) is 0 Å². The van der Waals surface area contributed by atoms with Gasteiger partial charge < -0.3 is 15.0 Å². The molecule has 0 aliphatic rings. The summed E-state index contributed by atoms with van der Waals surface area (Å²) in [5, 5.41) is 2.94. The summed E-state index contributed by atoms with van der Waals surface area (Å²) in [5.41, 5.74) is 2.27. The molecule has 1 heterocycles. The number of carbonyl (C=O) groups is 1. The number of ether oxygens (including phenoxy) is 1. The molecule has 0 radical (unpaired) electrons. The van der Waals surface area contributed by atoms with E-state index in [4.69, 9.17) is 4.74 Å². The molecule has 0 bridgehead atoms. The van der Waals surface area contributed by atoms with Gasteiger partial charge in [0.15, 0.2) is 0 Å². The van der Waals surface area contributed by atoms with Crippen LogP contribution in [0.4, 0.5) is 0 Å². The molecule has 2 N–H and O–H groups in total. The standard InChI is InChI=1S/C16H20N2O2/c1-20-15-5-3-2-4-14(15)6-7-16(19)18-11-9-13-8-10-17-12-13/h2-5,8,10,12,17H,6-7,9,11H2,1H3,(H,18,19). The van der Waals surface area contributed by atoms with Crippen molar-refractivity contribution in [2.75, 3.05) is 13.7 Å². The van der Waals surface area contributed by atoms with Gasteiger partial charge in [0.2, 0.25) is 5.91 Å². The number of carbonyl (C=O) groups excluding carboxylic acids is 1. The maximum atomic E-state index is 11.8. The van der Waals surface area contributed by atoms with Crippen molar-refractivity contribution in [3.05, 3.63) is 53.9 Å². The minimum Gasteiger partial charge on any atom is -0.496 e. The van der Waals surface area contributed by atoms with E-state index >= 15 is 0 Å². The quantitative estimate of drug-likeness (QED) is 0.812. The topological polar surface area (TPSA) is 54.1 Å². The Kier molecular flexibility index (Phi) is 5.24. The van der Waals surface area contributed by atoms with E-state index in [1.54, 1.807) is 7.11 Å². The first-order chi connectivity index (χ1) is 9.79. The zero-order valence-corrected chi connectivity index (χ0v) is 11.7. The van der Waals surface area contributed by atoms with Crippen molar-refractivity contribution < 1.29 is 9.53 Å². The van der Waals surface area contributed by atoms with Crippen LogP contribution in [0.1, 0.15) is 17.5 Å². The highest BCUT2D eigenvalue weighted by Crippen LogP contribution is 2.18. The van der Waals surface area contributed by atoms with Gasteiger partial charge in [0, 0.05) is 25.4 Å². The van der Waals surface area contributed by atoms with E-state index in [9.17, 15) is 4.79 Å². The molecule has 4 heteroatoms. The van der Waals surface area contributed by atoms with Gasteiger partial charge in [-0.1, -0.05) is 18.2 Å². The maximum absolute atomic E-state index is 11.8. The number of hydrogen-bond donors (Lipinski definition) is 2. The van der Waals surface area contributed by atoms with E-state index in [1.807, 2.05) is 42.7 Å². The van der Waals surface area contributed by atoms with E-state index in [-0.39, 0.29) is 5.91 Å². The average molecular weight is 272 g/mol. The Hall–Kier alpha value is -2.23. The zero-order valence-electron chi connectivity index (χ0n) is 11.7. The molecule has 1 aromatic carbocycles. The van der Waals surface area contributed by atoms with Crippen LogP contribution < -0.4 is 10.1 Å². The second-order valence-electron chi connectivity index (χ2n) is 4.63. The molecular formula is C16H20N2O2. The van der Waals surface area contributed by atoms with Crippen LogP contribution in [0.2, 0.25) is 0 Å². The van der Waals surface area contributed by atoms with Gasteiger partial charge in [0.1, 0.15) is 5.75 Å². The molecule has 2 rings (SSSR count). The number of nitrogens with one attached hydrogen (secondary N) is 2. The largest absolute Gasteiger partial charge is 0.496 e. The molecular weight excluding hydrogens is 252 g/mol. The molecule has 0 spiro atoms. The highest BCUT2D eigenvalue weighted by Gasteiger charge is 2.05. The van der Waals surface area contributed by atoms with Crippen molar-refractivity contribution in [2.24, 2.45) is 0 Å². The Morgan fingerprint density at radius 1 is 1.25 bits per heavy atom. The Morgan fingerprint density at radius 3 is 2.85 bits per heavy atom. The predicted octanol–water partition coefficient (Wildman–Crippen LogP) is 2.31. The molecule has 1 aromatic heterocycles. The minimum atomic E-state index is 0.0754. The monoisotopic (exact) mass is 272 g/mol. The summed E-state index contributed by atoms with van der Waals surface area (Å²) in [7, 11) is 1.65. The summed E-state index contributed by atoms with van der Waals surface area (Å²) in [6.07, 6.45) is 5.86. The number of amides is 1. The van der Waals surface area contributed by atoms with Gasteiger partial charge in [-0.2, -0.15) is 0 Å². The second kappa shape index (κ2) is 7.38. The summed E-state index contributed by atoms with van der Waals surface area (Å²) in [6.45, 7) is 0.669. The smallest absolute Gasteiger partial charge is 0.220 e. The molecule has 4 nitrogen and oxygen atoms in total. The van der Waals surface area contributed by atoms with Crippen LogP contribution in [0.5, 0.6) is 5.75 Å². The molecule has 2 aromatic rings. The number of methoxy groups -OCH3 is 1. The van der Waals surface area contributed by atoms with E-state index < -0.39 is 0 Å². The molecule has 0 saturated carbocycles. The molecule has 0 aliphatic heterocycles. The third kappa shape index (κ3) is 4.16. The minimum absolute atomic E-state index is 0.0754.